The highest BCUT2D eigenvalue weighted by atomic mass is 32.2. The van der Waals surface area contributed by atoms with Crippen LogP contribution in [-0.4, -0.2) is 54.8 Å². The number of urea groups is 1. The number of rotatable bonds is 12. The molecule has 208 valence electrons. The average molecular weight is 579 g/mol. The van der Waals surface area contributed by atoms with Crippen molar-refractivity contribution in [2.75, 3.05) is 29.4 Å². The number of hydrogen-bond acceptors (Lipinski definition) is 6. The molecule has 9 nitrogen and oxygen atoms in total. The lowest BCUT2D eigenvalue weighted by Gasteiger charge is -2.25. The predicted octanol–water partition coefficient (Wildman–Crippen LogP) is 5.71. The number of hydrogen-bond donors (Lipinski definition) is 3. The molecule has 0 fully saturated rings. The summed E-state index contributed by atoms with van der Waals surface area (Å²) >= 11 is 1.25. The summed E-state index contributed by atoms with van der Waals surface area (Å²) in [5.74, 6) is -0.944. The van der Waals surface area contributed by atoms with E-state index in [4.69, 9.17) is 0 Å². The third kappa shape index (κ3) is 8.39. The summed E-state index contributed by atoms with van der Waals surface area (Å²) in [6.07, 6.45) is 1.52. The van der Waals surface area contributed by atoms with Gasteiger partial charge in [-0.05, 0) is 29.7 Å². The summed E-state index contributed by atoms with van der Waals surface area (Å²) in [5, 5.41) is 14.2. The third-order valence-electron chi connectivity index (χ3n) is 6.18. The molecule has 0 saturated heterocycles. The number of carboxylic acid groups (broad SMARTS) is 1. The van der Waals surface area contributed by atoms with E-state index in [-0.39, 0.29) is 18.9 Å². The molecule has 3 aromatic carbocycles. The second-order valence-corrected chi connectivity index (χ2v) is 11.8. The van der Waals surface area contributed by atoms with E-state index in [2.05, 4.69) is 39.3 Å². The fraction of sp³-hybridized carbons (Fsp3) is 0.207. The van der Waals surface area contributed by atoms with E-state index in [0.29, 0.717) is 29.5 Å². The summed E-state index contributed by atoms with van der Waals surface area (Å²) in [5.41, 5.74) is 4.06. The van der Waals surface area contributed by atoms with Gasteiger partial charge in [0, 0.05) is 35.6 Å². The Bertz CT molecular complexity index is 1490. The maximum Gasteiger partial charge on any atom is 0.323 e. The summed E-state index contributed by atoms with van der Waals surface area (Å²) in [6, 6.07) is 26.4. The molecule has 2 amide bonds. The van der Waals surface area contributed by atoms with Crippen LogP contribution in [0.25, 0.3) is 11.3 Å². The maximum atomic E-state index is 13.3. The van der Waals surface area contributed by atoms with Gasteiger partial charge in [-0.25, -0.2) is 18.2 Å². The second kappa shape index (κ2) is 13.2. The number of aromatic nitrogens is 1. The average Bonchev–Trinajstić information content (AvgIpc) is 3.39. The van der Waals surface area contributed by atoms with Crippen LogP contribution < -0.4 is 10.0 Å². The Hall–Kier alpha value is -4.22. The number of anilines is 2. The molecule has 4 rings (SSSR count). The molecule has 0 atom stereocenters. The van der Waals surface area contributed by atoms with E-state index >= 15 is 0 Å². The minimum atomic E-state index is -3.38. The third-order valence-corrected chi connectivity index (χ3v) is 7.54. The van der Waals surface area contributed by atoms with Crippen LogP contribution in [0, 0.1) is 0 Å². The number of carbonyl (C=O) groups excluding carboxylic acids is 1. The molecule has 0 spiro atoms. The van der Waals surface area contributed by atoms with Gasteiger partial charge in [0.05, 0.1) is 18.4 Å². The first-order valence-electron chi connectivity index (χ1n) is 12.6. The summed E-state index contributed by atoms with van der Waals surface area (Å²) in [6.45, 7) is 0.408. The maximum absolute atomic E-state index is 13.3. The largest absolute Gasteiger partial charge is 0.481 e. The van der Waals surface area contributed by atoms with Crippen molar-refractivity contribution in [1.82, 2.24) is 9.88 Å². The highest BCUT2D eigenvalue weighted by Crippen LogP contribution is 2.29. The van der Waals surface area contributed by atoms with Gasteiger partial charge in [0.1, 0.15) is 0 Å². The van der Waals surface area contributed by atoms with Crippen molar-refractivity contribution in [3.05, 3.63) is 101 Å². The number of amides is 2. The zero-order chi connectivity index (χ0) is 28.5. The molecule has 0 unspecified atom stereocenters. The number of aliphatic carboxylic acids is 1. The fourth-order valence-electron chi connectivity index (χ4n) is 4.28. The van der Waals surface area contributed by atoms with Gasteiger partial charge in [0.25, 0.3) is 0 Å². The van der Waals surface area contributed by atoms with Crippen LogP contribution in [0.3, 0.4) is 0 Å². The molecular weight excluding hydrogens is 548 g/mol. The Balaban J connectivity index is 1.46. The molecule has 0 aliphatic carbocycles. The van der Waals surface area contributed by atoms with E-state index in [1.54, 1.807) is 29.6 Å². The Kier molecular flexibility index (Phi) is 9.52. The van der Waals surface area contributed by atoms with Crippen LogP contribution in [0.1, 0.15) is 29.9 Å². The molecule has 40 heavy (non-hydrogen) atoms. The number of sulfonamides is 1. The molecule has 1 aromatic heterocycles. The minimum Gasteiger partial charge on any atom is -0.481 e. The van der Waals surface area contributed by atoms with Gasteiger partial charge < -0.3 is 10.0 Å². The minimum absolute atomic E-state index is 0.0363. The second-order valence-electron chi connectivity index (χ2n) is 9.21. The number of carbonyl (C=O) groups is 2. The van der Waals surface area contributed by atoms with E-state index in [0.717, 1.165) is 22.9 Å². The van der Waals surface area contributed by atoms with Crippen LogP contribution in [0.5, 0.6) is 0 Å². The first kappa shape index (κ1) is 28.8. The van der Waals surface area contributed by atoms with Gasteiger partial charge in [0.2, 0.25) is 10.0 Å². The molecule has 1 heterocycles. The number of benzene rings is 3. The van der Waals surface area contributed by atoms with Crippen molar-refractivity contribution in [1.29, 1.82) is 0 Å². The van der Waals surface area contributed by atoms with E-state index in [9.17, 15) is 23.1 Å². The van der Waals surface area contributed by atoms with Crippen molar-refractivity contribution in [3.8, 4) is 11.3 Å². The first-order valence-corrected chi connectivity index (χ1v) is 15.4. The van der Waals surface area contributed by atoms with Crippen LogP contribution in [0.15, 0.2) is 90.3 Å². The molecule has 0 saturated carbocycles. The Morgan fingerprint density at radius 2 is 1.52 bits per heavy atom. The molecule has 0 aliphatic rings. The molecule has 4 aromatic rings. The van der Waals surface area contributed by atoms with Crippen molar-refractivity contribution < 1.29 is 23.1 Å². The molecule has 3 N–H and O–H groups in total. The Morgan fingerprint density at radius 3 is 2.08 bits per heavy atom. The lowest BCUT2D eigenvalue weighted by molar-refractivity contribution is -0.137. The number of nitrogens with zero attached hydrogens (tertiary/aromatic N) is 2. The van der Waals surface area contributed by atoms with Crippen molar-refractivity contribution >= 4 is 44.2 Å². The topological polar surface area (TPSA) is 129 Å². The molecule has 11 heteroatoms. The van der Waals surface area contributed by atoms with Gasteiger partial charge in [-0.3, -0.25) is 14.8 Å². The predicted molar refractivity (Wildman–Crippen MR) is 158 cm³/mol. The van der Waals surface area contributed by atoms with Crippen molar-refractivity contribution in [2.24, 2.45) is 0 Å². The summed E-state index contributed by atoms with van der Waals surface area (Å²) in [4.78, 5) is 30.6. The summed E-state index contributed by atoms with van der Waals surface area (Å²) < 4.78 is 25.3. The molecule has 0 radical (unpaired) electrons. The number of carboxylic acids is 1. The molecular formula is C29H30N4O5S2. The van der Waals surface area contributed by atoms with E-state index in [1.807, 2.05) is 36.4 Å². The van der Waals surface area contributed by atoms with Crippen LogP contribution in [0.4, 0.5) is 15.6 Å². The zero-order valence-corrected chi connectivity index (χ0v) is 23.5. The lowest BCUT2D eigenvalue weighted by Crippen LogP contribution is -2.37. The zero-order valence-electron chi connectivity index (χ0n) is 21.9. The van der Waals surface area contributed by atoms with Gasteiger partial charge in [0.15, 0.2) is 5.13 Å². The Morgan fingerprint density at radius 1 is 0.925 bits per heavy atom. The highest BCUT2D eigenvalue weighted by molar-refractivity contribution is 7.92. The van der Waals surface area contributed by atoms with Crippen LogP contribution in [0.2, 0.25) is 0 Å². The number of nitrogens with one attached hydrogen (secondary N) is 2. The molecule has 0 aliphatic heterocycles. The quantitative estimate of drug-likeness (QED) is 0.197. The number of thiazole rings is 1. The van der Waals surface area contributed by atoms with E-state index < -0.39 is 22.0 Å². The van der Waals surface area contributed by atoms with Crippen LogP contribution in [-0.2, 0) is 14.8 Å². The van der Waals surface area contributed by atoms with Crippen molar-refractivity contribution in [3.63, 3.8) is 0 Å². The Labute approximate surface area is 237 Å². The molecule has 0 bridgehead atoms. The van der Waals surface area contributed by atoms with Gasteiger partial charge in [-0.15, -0.1) is 11.3 Å². The monoisotopic (exact) mass is 578 g/mol. The van der Waals surface area contributed by atoms with Crippen molar-refractivity contribution in [2.45, 2.75) is 18.8 Å². The van der Waals surface area contributed by atoms with Gasteiger partial charge in [-0.1, -0.05) is 72.8 Å². The first-order chi connectivity index (χ1) is 19.2. The lowest BCUT2D eigenvalue weighted by atomic mass is 9.88. The standard InChI is InChI=1S/C29H30N4O5S2/c1-40(37,38)32-24-14-12-23(13-15-24)26-20-39-28(30-26)31-29(36)33(19-17-27(34)35)18-16-25(21-8-4-2-5-9-21)22-10-6-3-7-11-22/h2-15,20,25,32H,16-19H2,1H3,(H,34,35)(H,30,31,36). The fourth-order valence-corrected chi connectivity index (χ4v) is 5.56. The smallest absolute Gasteiger partial charge is 0.323 e. The van der Waals surface area contributed by atoms with Gasteiger partial charge >= 0.3 is 12.0 Å². The van der Waals surface area contributed by atoms with E-state index in [1.165, 1.54) is 16.2 Å². The normalized spacial score (nSPS) is 11.2. The summed E-state index contributed by atoms with van der Waals surface area (Å²) in [7, 11) is -3.38. The highest BCUT2D eigenvalue weighted by Gasteiger charge is 2.21. The SMILES string of the molecule is CS(=O)(=O)Nc1ccc(-c2csc(NC(=O)N(CCC(=O)O)CCC(c3ccccc3)c3ccccc3)n2)cc1. The van der Waals surface area contributed by atoms with Crippen LogP contribution >= 0.6 is 11.3 Å². The van der Waals surface area contributed by atoms with Gasteiger partial charge in [-0.2, -0.15) is 0 Å².